The lowest BCUT2D eigenvalue weighted by Crippen LogP contribution is -2.35. The van der Waals surface area contributed by atoms with Crippen LogP contribution in [-0.2, 0) is 0 Å². The number of ether oxygens (including phenoxy) is 3. The summed E-state index contributed by atoms with van der Waals surface area (Å²) < 4.78 is 15.9. The Bertz CT molecular complexity index is 544. The molecule has 1 heterocycles. The van der Waals surface area contributed by atoms with E-state index in [1.54, 1.807) is 33.5 Å². The third-order valence-corrected chi connectivity index (χ3v) is 4.74. The summed E-state index contributed by atoms with van der Waals surface area (Å²) in [5, 5.41) is 2.97. The van der Waals surface area contributed by atoms with Crippen molar-refractivity contribution in [3.8, 4) is 17.2 Å². The number of nitrogens with zero attached hydrogens (tertiary/aromatic N) is 1. The predicted octanol–water partition coefficient (Wildman–Crippen LogP) is 2.56. The van der Waals surface area contributed by atoms with Crippen LogP contribution in [0.25, 0.3) is 0 Å². The second kappa shape index (κ2) is 9.51. The Morgan fingerprint density at radius 2 is 1.72 bits per heavy atom. The summed E-state index contributed by atoms with van der Waals surface area (Å²) >= 11 is 0. The number of hydrogen-bond donors (Lipinski definition) is 1. The molecule has 0 aromatic heterocycles. The zero-order valence-corrected chi connectivity index (χ0v) is 15.8. The van der Waals surface area contributed by atoms with Gasteiger partial charge in [0.15, 0.2) is 11.5 Å². The van der Waals surface area contributed by atoms with Crippen molar-refractivity contribution in [3.05, 3.63) is 17.7 Å². The van der Waals surface area contributed by atoms with Crippen molar-refractivity contribution in [1.29, 1.82) is 0 Å². The van der Waals surface area contributed by atoms with Crippen molar-refractivity contribution in [2.45, 2.75) is 26.2 Å². The third-order valence-electron chi connectivity index (χ3n) is 4.74. The number of methoxy groups -OCH3 is 3. The minimum Gasteiger partial charge on any atom is -0.493 e. The Morgan fingerprint density at radius 3 is 2.24 bits per heavy atom. The Labute approximate surface area is 150 Å². The third kappa shape index (κ3) is 5.26. The van der Waals surface area contributed by atoms with Crippen LogP contribution >= 0.6 is 0 Å². The average molecular weight is 350 g/mol. The fraction of sp³-hybridized carbons (Fsp3) is 0.632. The van der Waals surface area contributed by atoms with Gasteiger partial charge in [-0.2, -0.15) is 0 Å². The zero-order chi connectivity index (χ0) is 18.2. The number of piperidine rings is 1. The zero-order valence-electron chi connectivity index (χ0n) is 15.8. The second-order valence-electron chi connectivity index (χ2n) is 6.55. The maximum atomic E-state index is 12.4. The number of nitrogens with one attached hydrogen (secondary N) is 1. The number of carbonyl (C=O) groups is 1. The molecule has 6 heteroatoms. The van der Waals surface area contributed by atoms with Gasteiger partial charge < -0.3 is 24.4 Å². The quantitative estimate of drug-likeness (QED) is 0.730. The van der Waals surface area contributed by atoms with Gasteiger partial charge in [0.25, 0.3) is 5.91 Å². The summed E-state index contributed by atoms with van der Waals surface area (Å²) in [5.41, 5.74) is 0.501. The van der Waals surface area contributed by atoms with Crippen molar-refractivity contribution in [3.63, 3.8) is 0 Å². The minimum absolute atomic E-state index is 0.133. The van der Waals surface area contributed by atoms with Crippen molar-refractivity contribution in [1.82, 2.24) is 10.2 Å². The number of likely N-dealkylation sites (tertiary alicyclic amines) is 1. The highest BCUT2D eigenvalue weighted by atomic mass is 16.5. The molecule has 1 aromatic rings. The van der Waals surface area contributed by atoms with Crippen LogP contribution in [0.4, 0.5) is 0 Å². The van der Waals surface area contributed by atoms with E-state index < -0.39 is 0 Å². The molecular formula is C19H30N2O4. The first-order valence-electron chi connectivity index (χ1n) is 8.89. The highest BCUT2D eigenvalue weighted by Crippen LogP contribution is 2.38. The maximum Gasteiger partial charge on any atom is 0.251 e. The number of benzene rings is 1. The molecule has 25 heavy (non-hydrogen) atoms. The molecule has 1 aliphatic rings. The molecule has 1 fully saturated rings. The molecule has 0 radical (unpaired) electrons. The van der Waals surface area contributed by atoms with Crippen LogP contribution in [0.3, 0.4) is 0 Å². The molecule has 1 aromatic carbocycles. The first-order valence-corrected chi connectivity index (χ1v) is 8.89. The van der Waals surface area contributed by atoms with E-state index in [-0.39, 0.29) is 5.91 Å². The normalized spacial score (nSPS) is 15.7. The van der Waals surface area contributed by atoms with Gasteiger partial charge in [-0.05, 0) is 56.9 Å². The standard InChI is InChI=1S/C19H30N2O4/c1-14-6-10-21(11-7-14)9-5-8-20-19(22)15-12-16(23-2)18(25-4)17(13-15)24-3/h12-14H,5-11H2,1-4H3,(H,20,22). The summed E-state index contributed by atoms with van der Waals surface area (Å²) in [5.74, 6) is 2.16. The minimum atomic E-state index is -0.133. The lowest BCUT2D eigenvalue weighted by Gasteiger charge is -2.30. The van der Waals surface area contributed by atoms with Gasteiger partial charge in [0, 0.05) is 12.1 Å². The molecule has 1 saturated heterocycles. The largest absolute Gasteiger partial charge is 0.493 e. The van der Waals surface area contributed by atoms with Crippen LogP contribution in [0.2, 0.25) is 0 Å². The van der Waals surface area contributed by atoms with Crippen LogP contribution in [-0.4, -0.2) is 58.3 Å². The van der Waals surface area contributed by atoms with Gasteiger partial charge in [-0.15, -0.1) is 0 Å². The van der Waals surface area contributed by atoms with E-state index in [0.29, 0.717) is 29.4 Å². The monoisotopic (exact) mass is 350 g/mol. The van der Waals surface area contributed by atoms with Gasteiger partial charge in [0.2, 0.25) is 5.75 Å². The van der Waals surface area contributed by atoms with E-state index in [9.17, 15) is 4.79 Å². The number of amides is 1. The van der Waals surface area contributed by atoms with Crippen LogP contribution in [0, 0.1) is 5.92 Å². The number of rotatable bonds is 8. The molecule has 0 spiro atoms. The first-order chi connectivity index (χ1) is 12.1. The molecule has 140 valence electrons. The van der Waals surface area contributed by atoms with Crippen molar-refractivity contribution >= 4 is 5.91 Å². The molecule has 1 amide bonds. The molecule has 0 aliphatic carbocycles. The van der Waals surface area contributed by atoms with E-state index in [4.69, 9.17) is 14.2 Å². The van der Waals surface area contributed by atoms with Crippen molar-refractivity contribution in [2.75, 3.05) is 47.5 Å². The molecule has 0 bridgehead atoms. The molecule has 0 unspecified atom stereocenters. The molecule has 0 atom stereocenters. The van der Waals surface area contributed by atoms with E-state index >= 15 is 0 Å². The summed E-state index contributed by atoms with van der Waals surface area (Å²) in [6.45, 7) is 6.34. The average Bonchev–Trinajstić information content (AvgIpc) is 2.65. The van der Waals surface area contributed by atoms with E-state index in [1.807, 2.05) is 0 Å². The molecule has 2 rings (SSSR count). The van der Waals surface area contributed by atoms with Crippen molar-refractivity contribution in [2.24, 2.45) is 5.92 Å². The van der Waals surface area contributed by atoms with Gasteiger partial charge in [-0.25, -0.2) is 0 Å². The highest BCUT2D eigenvalue weighted by Gasteiger charge is 2.17. The predicted molar refractivity (Wildman–Crippen MR) is 97.9 cm³/mol. The van der Waals surface area contributed by atoms with Crippen LogP contribution < -0.4 is 19.5 Å². The Kier molecular flexibility index (Phi) is 7.37. The fourth-order valence-electron chi connectivity index (χ4n) is 3.10. The van der Waals surface area contributed by atoms with E-state index in [1.165, 1.54) is 25.9 Å². The molecule has 6 nitrogen and oxygen atoms in total. The number of carbonyl (C=O) groups excluding carboxylic acids is 1. The smallest absolute Gasteiger partial charge is 0.251 e. The van der Waals surface area contributed by atoms with Crippen LogP contribution in [0.5, 0.6) is 17.2 Å². The Balaban J connectivity index is 1.86. The molecule has 1 N–H and O–H groups in total. The molecule has 1 aliphatic heterocycles. The molecule has 0 saturated carbocycles. The molecular weight excluding hydrogens is 320 g/mol. The summed E-state index contributed by atoms with van der Waals surface area (Å²) in [6.07, 6.45) is 3.50. The Hall–Kier alpha value is -1.95. The topological polar surface area (TPSA) is 60.0 Å². The van der Waals surface area contributed by atoms with Crippen LogP contribution in [0.15, 0.2) is 12.1 Å². The lowest BCUT2D eigenvalue weighted by atomic mass is 9.99. The van der Waals surface area contributed by atoms with Gasteiger partial charge in [0.05, 0.1) is 21.3 Å². The van der Waals surface area contributed by atoms with Gasteiger partial charge >= 0.3 is 0 Å². The van der Waals surface area contributed by atoms with Gasteiger partial charge in [-0.3, -0.25) is 4.79 Å². The Morgan fingerprint density at radius 1 is 1.12 bits per heavy atom. The lowest BCUT2D eigenvalue weighted by molar-refractivity contribution is 0.0949. The maximum absolute atomic E-state index is 12.4. The van der Waals surface area contributed by atoms with Gasteiger partial charge in [-0.1, -0.05) is 6.92 Å². The summed E-state index contributed by atoms with van der Waals surface area (Å²) in [6, 6.07) is 3.34. The summed E-state index contributed by atoms with van der Waals surface area (Å²) in [7, 11) is 4.62. The summed E-state index contributed by atoms with van der Waals surface area (Å²) in [4.78, 5) is 14.9. The SMILES string of the molecule is COc1cc(C(=O)NCCCN2CCC(C)CC2)cc(OC)c1OC. The highest BCUT2D eigenvalue weighted by molar-refractivity contribution is 5.95. The van der Waals surface area contributed by atoms with Gasteiger partial charge in [0.1, 0.15) is 0 Å². The van der Waals surface area contributed by atoms with Crippen molar-refractivity contribution < 1.29 is 19.0 Å². The first kappa shape index (κ1) is 19.4. The fourth-order valence-corrected chi connectivity index (χ4v) is 3.10. The second-order valence-corrected chi connectivity index (χ2v) is 6.55. The van der Waals surface area contributed by atoms with Crippen LogP contribution in [0.1, 0.15) is 36.5 Å². The van der Waals surface area contributed by atoms with E-state index in [0.717, 1.165) is 18.9 Å². The van der Waals surface area contributed by atoms with E-state index in [2.05, 4.69) is 17.1 Å². The number of hydrogen-bond acceptors (Lipinski definition) is 5.